The molecule has 2 aliphatic heterocycles. The van der Waals surface area contributed by atoms with E-state index in [-0.39, 0.29) is 17.7 Å². The van der Waals surface area contributed by atoms with E-state index in [2.05, 4.69) is 15.6 Å². The predicted molar refractivity (Wildman–Crippen MR) is 123 cm³/mol. The number of carbonyl (C=O) groups is 2. The minimum atomic E-state index is -0.279. The molecule has 166 valence electrons. The van der Waals surface area contributed by atoms with E-state index in [9.17, 15) is 9.59 Å². The van der Waals surface area contributed by atoms with Crippen LogP contribution in [0.5, 0.6) is 0 Å². The van der Waals surface area contributed by atoms with Crippen LogP contribution in [0.15, 0.2) is 34.9 Å². The summed E-state index contributed by atoms with van der Waals surface area (Å²) in [6.07, 6.45) is 7.68. The lowest BCUT2D eigenvalue weighted by Gasteiger charge is -2.16. The van der Waals surface area contributed by atoms with Crippen molar-refractivity contribution < 1.29 is 14.0 Å². The van der Waals surface area contributed by atoms with Gasteiger partial charge in [-0.1, -0.05) is 36.9 Å². The van der Waals surface area contributed by atoms with E-state index in [1.54, 1.807) is 23.2 Å². The minimum Gasteiger partial charge on any atom is -0.451 e. The molecular weight excluding hydrogens is 428 g/mol. The molecule has 2 N–H and O–H groups in total. The van der Waals surface area contributed by atoms with E-state index in [0.717, 1.165) is 54.3 Å². The van der Waals surface area contributed by atoms with Crippen LogP contribution in [0, 0.1) is 0 Å². The maximum atomic E-state index is 13.2. The van der Waals surface area contributed by atoms with Gasteiger partial charge in [0.1, 0.15) is 5.58 Å². The molecule has 0 spiro atoms. The first-order valence-corrected chi connectivity index (χ1v) is 11.5. The SMILES string of the molecule is O=C1NCCCCCCCc2c(c(Cl)cc3cc(C(=O)N4Cc5cccnc5C4)oc23)N1. The third-order valence-corrected chi connectivity index (χ3v) is 6.47. The highest BCUT2D eigenvalue weighted by Gasteiger charge is 2.28. The van der Waals surface area contributed by atoms with Crippen molar-refractivity contribution >= 4 is 40.2 Å². The Bertz CT molecular complexity index is 1160. The Kier molecular flexibility index (Phi) is 5.74. The maximum absolute atomic E-state index is 13.2. The Morgan fingerprint density at radius 3 is 2.84 bits per heavy atom. The summed E-state index contributed by atoms with van der Waals surface area (Å²) in [5, 5.41) is 6.99. The van der Waals surface area contributed by atoms with Crippen LogP contribution in [0.2, 0.25) is 5.02 Å². The highest BCUT2D eigenvalue weighted by molar-refractivity contribution is 6.35. The summed E-state index contributed by atoms with van der Waals surface area (Å²) in [7, 11) is 0. The number of benzene rings is 1. The Morgan fingerprint density at radius 1 is 1.12 bits per heavy atom. The first-order chi connectivity index (χ1) is 15.6. The second-order valence-electron chi connectivity index (χ2n) is 8.41. The van der Waals surface area contributed by atoms with Gasteiger partial charge >= 0.3 is 6.03 Å². The van der Waals surface area contributed by atoms with Gasteiger partial charge in [-0.15, -0.1) is 0 Å². The van der Waals surface area contributed by atoms with Crippen molar-refractivity contribution in [2.75, 3.05) is 11.9 Å². The predicted octanol–water partition coefficient (Wildman–Crippen LogP) is 5.27. The number of hydrogen-bond acceptors (Lipinski definition) is 4. The van der Waals surface area contributed by atoms with Gasteiger partial charge in [0.25, 0.3) is 5.91 Å². The van der Waals surface area contributed by atoms with Gasteiger partial charge in [-0.2, -0.15) is 0 Å². The fraction of sp³-hybridized carbons (Fsp3) is 0.375. The Balaban J connectivity index is 1.49. The summed E-state index contributed by atoms with van der Waals surface area (Å²) in [6.45, 7) is 1.61. The summed E-state index contributed by atoms with van der Waals surface area (Å²) >= 11 is 6.57. The zero-order valence-corrected chi connectivity index (χ0v) is 18.5. The third-order valence-electron chi connectivity index (χ3n) is 6.17. The number of aryl methyl sites for hydroxylation is 1. The number of halogens is 1. The Labute approximate surface area is 191 Å². The molecule has 0 aliphatic carbocycles. The molecule has 2 aromatic heterocycles. The molecule has 1 aromatic carbocycles. The molecule has 2 aliphatic rings. The van der Waals surface area contributed by atoms with E-state index in [1.807, 2.05) is 12.1 Å². The molecule has 4 heterocycles. The lowest BCUT2D eigenvalue weighted by Crippen LogP contribution is -2.30. The lowest BCUT2D eigenvalue weighted by atomic mass is 10.0. The van der Waals surface area contributed by atoms with Crippen LogP contribution in [0.1, 0.15) is 59.5 Å². The quantitative estimate of drug-likeness (QED) is 0.526. The summed E-state index contributed by atoms with van der Waals surface area (Å²) in [6, 6.07) is 7.09. The number of pyridine rings is 1. The van der Waals surface area contributed by atoms with Gasteiger partial charge in [-0.05, 0) is 43.0 Å². The molecule has 0 saturated carbocycles. The van der Waals surface area contributed by atoms with Crippen molar-refractivity contribution in [3.8, 4) is 0 Å². The van der Waals surface area contributed by atoms with E-state index >= 15 is 0 Å². The van der Waals surface area contributed by atoms with Crippen molar-refractivity contribution in [3.63, 3.8) is 0 Å². The highest BCUT2D eigenvalue weighted by atomic mass is 35.5. The number of carbonyl (C=O) groups excluding carboxylic acids is 2. The van der Waals surface area contributed by atoms with Crippen molar-refractivity contribution in [2.24, 2.45) is 0 Å². The van der Waals surface area contributed by atoms with E-state index < -0.39 is 0 Å². The molecule has 0 unspecified atom stereocenters. The second-order valence-corrected chi connectivity index (χ2v) is 8.82. The van der Waals surface area contributed by atoms with Crippen molar-refractivity contribution in [3.05, 3.63) is 58.1 Å². The molecule has 32 heavy (non-hydrogen) atoms. The molecule has 0 fully saturated rings. The zero-order valence-electron chi connectivity index (χ0n) is 17.7. The van der Waals surface area contributed by atoms with Gasteiger partial charge in [0.15, 0.2) is 5.76 Å². The number of furan rings is 1. The Morgan fingerprint density at radius 2 is 1.97 bits per heavy atom. The molecule has 0 bridgehead atoms. The van der Waals surface area contributed by atoms with E-state index in [1.165, 1.54) is 0 Å². The van der Waals surface area contributed by atoms with E-state index in [0.29, 0.717) is 42.3 Å². The van der Waals surface area contributed by atoms with Gasteiger partial charge in [0.05, 0.1) is 22.9 Å². The normalized spacial score (nSPS) is 17.0. The number of anilines is 1. The summed E-state index contributed by atoms with van der Waals surface area (Å²) < 4.78 is 6.11. The average molecular weight is 453 g/mol. The number of nitrogens with one attached hydrogen (secondary N) is 2. The van der Waals surface area contributed by atoms with E-state index in [4.69, 9.17) is 16.0 Å². The number of nitrogens with zero attached hydrogens (tertiary/aromatic N) is 2. The van der Waals surface area contributed by atoms with Crippen molar-refractivity contribution in [2.45, 2.75) is 51.6 Å². The number of aromatic nitrogens is 1. The summed E-state index contributed by atoms with van der Waals surface area (Å²) in [5.74, 6) is 0.0933. The fourth-order valence-corrected chi connectivity index (χ4v) is 4.79. The first kappa shape index (κ1) is 20.8. The molecule has 5 rings (SSSR count). The fourth-order valence-electron chi connectivity index (χ4n) is 4.51. The maximum Gasteiger partial charge on any atom is 0.319 e. The third kappa shape index (κ3) is 4.05. The molecule has 8 heteroatoms. The minimum absolute atomic E-state index is 0.178. The smallest absolute Gasteiger partial charge is 0.319 e. The van der Waals surface area contributed by atoms with Crippen LogP contribution in [0.4, 0.5) is 10.5 Å². The average Bonchev–Trinajstić information content (AvgIpc) is 3.40. The topological polar surface area (TPSA) is 87.5 Å². The largest absolute Gasteiger partial charge is 0.451 e. The molecule has 7 nitrogen and oxygen atoms in total. The van der Waals surface area contributed by atoms with Crippen LogP contribution in [-0.4, -0.2) is 28.4 Å². The monoisotopic (exact) mass is 452 g/mol. The number of fused-ring (bicyclic) bond motifs is 4. The zero-order chi connectivity index (χ0) is 22.1. The lowest BCUT2D eigenvalue weighted by molar-refractivity contribution is 0.0720. The van der Waals surface area contributed by atoms with Gasteiger partial charge in [-0.3, -0.25) is 9.78 Å². The number of amides is 3. The summed E-state index contributed by atoms with van der Waals surface area (Å²) in [5.41, 5.74) is 3.98. The number of rotatable bonds is 1. The van der Waals surface area contributed by atoms with Crippen molar-refractivity contribution in [1.82, 2.24) is 15.2 Å². The second kappa shape index (κ2) is 8.82. The number of urea groups is 1. The number of hydrogen-bond donors (Lipinski definition) is 2. The molecule has 0 saturated heterocycles. The van der Waals surface area contributed by atoms with Gasteiger partial charge in [0.2, 0.25) is 0 Å². The highest BCUT2D eigenvalue weighted by Crippen LogP contribution is 2.37. The van der Waals surface area contributed by atoms with Gasteiger partial charge < -0.3 is 20.0 Å². The molecule has 3 aromatic rings. The van der Waals surface area contributed by atoms with Crippen LogP contribution >= 0.6 is 11.6 Å². The van der Waals surface area contributed by atoms with Gasteiger partial charge in [0, 0.05) is 30.2 Å². The van der Waals surface area contributed by atoms with Crippen molar-refractivity contribution in [1.29, 1.82) is 0 Å². The van der Waals surface area contributed by atoms with Gasteiger partial charge in [-0.25, -0.2) is 4.79 Å². The molecule has 3 amide bonds. The van der Waals surface area contributed by atoms with Crippen LogP contribution in [0.25, 0.3) is 11.0 Å². The molecule has 0 atom stereocenters. The van der Waals surface area contributed by atoms with Crippen LogP contribution in [0.3, 0.4) is 0 Å². The standard InChI is InChI=1S/C24H25ClN4O3/c25-18-11-16-12-20(23(30)29-13-15-7-6-10-26-19(15)14-29)32-22(16)17-8-4-2-1-3-5-9-27-24(31)28-21(17)18/h6-7,10-12H,1-5,8-9,13-14H2,(H2,27,28,31). The Hall–Kier alpha value is -3.06. The summed E-state index contributed by atoms with van der Waals surface area (Å²) in [4.78, 5) is 31.7. The first-order valence-electron chi connectivity index (χ1n) is 11.1. The molecular formula is C24H25ClN4O3. The van der Waals surface area contributed by atoms with Crippen LogP contribution < -0.4 is 10.6 Å². The molecule has 0 radical (unpaired) electrons. The van der Waals surface area contributed by atoms with Crippen LogP contribution in [-0.2, 0) is 19.5 Å².